The van der Waals surface area contributed by atoms with Gasteiger partial charge in [0.1, 0.15) is 11.0 Å². The van der Waals surface area contributed by atoms with Gasteiger partial charge in [0.15, 0.2) is 0 Å². The number of methoxy groups -OCH3 is 1. The Morgan fingerprint density at radius 2 is 1.94 bits per heavy atom. The number of fused-ring (bicyclic) bond motifs is 1. The summed E-state index contributed by atoms with van der Waals surface area (Å²) in [5.41, 5.74) is 0.693. The Hall–Kier alpha value is -3.61. The first-order valence-electron chi connectivity index (χ1n) is 9.91. The van der Waals surface area contributed by atoms with Crippen LogP contribution in [0.5, 0.6) is 5.88 Å². The van der Waals surface area contributed by atoms with Crippen LogP contribution in [0, 0.1) is 0 Å². The van der Waals surface area contributed by atoms with E-state index in [1.807, 2.05) is 0 Å². The number of benzene rings is 1. The van der Waals surface area contributed by atoms with Crippen LogP contribution in [0.4, 0.5) is 13.2 Å². The zero-order valence-corrected chi connectivity index (χ0v) is 19.4. The Morgan fingerprint density at radius 3 is 2.62 bits per heavy atom. The van der Waals surface area contributed by atoms with Crippen molar-refractivity contribution in [3.05, 3.63) is 59.5 Å². The molecule has 0 spiro atoms. The SMILES string of the molecule is CCOC(=O)c1cnn(-c2nc(OC)c3c(cnn3[C@@H](C)c3cccc(C(F)(F)F)c3)n2)c1.S. The first-order chi connectivity index (χ1) is 15.7. The summed E-state index contributed by atoms with van der Waals surface area (Å²) in [4.78, 5) is 20.7. The molecule has 34 heavy (non-hydrogen) atoms. The van der Waals surface area contributed by atoms with E-state index in [0.717, 1.165) is 12.1 Å². The number of hydrogen-bond donors (Lipinski definition) is 0. The molecule has 0 radical (unpaired) electrons. The van der Waals surface area contributed by atoms with Crippen LogP contribution in [0.2, 0.25) is 0 Å². The number of esters is 1. The first kappa shape index (κ1) is 25.0. The van der Waals surface area contributed by atoms with E-state index in [1.165, 1.54) is 41.1 Å². The number of alkyl halides is 3. The number of aromatic nitrogens is 6. The molecular formula is C21H21F3N6O3S. The van der Waals surface area contributed by atoms with Crippen molar-refractivity contribution >= 4 is 30.5 Å². The normalized spacial score (nSPS) is 12.3. The van der Waals surface area contributed by atoms with Gasteiger partial charge >= 0.3 is 12.1 Å². The summed E-state index contributed by atoms with van der Waals surface area (Å²) in [7, 11) is 1.41. The molecule has 0 aliphatic rings. The van der Waals surface area contributed by atoms with Crippen LogP contribution in [-0.4, -0.2) is 49.2 Å². The van der Waals surface area contributed by atoms with E-state index in [-0.39, 0.29) is 37.5 Å². The number of halogens is 3. The molecular weight excluding hydrogens is 473 g/mol. The average molecular weight is 494 g/mol. The predicted octanol–water partition coefficient (Wildman–Crippen LogP) is 3.94. The van der Waals surface area contributed by atoms with Gasteiger partial charge in [-0.3, -0.25) is 4.68 Å². The van der Waals surface area contributed by atoms with Crippen molar-refractivity contribution in [2.75, 3.05) is 13.7 Å². The Kier molecular flexibility index (Phi) is 7.15. The maximum absolute atomic E-state index is 13.1. The summed E-state index contributed by atoms with van der Waals surface area (Å²) in [6.45, 7) is 3.64. The molecule has 3 heterocycles. The second-order valence-electron chi connectivity index (χ2n) is 7.05. The molecule has 0 bridgehead atoms. The molecule has 13 heteroatoms. The van der Waals surface area contributed by atoms with Crippen LogP contribution in [-0.2, 0) is 10.9 Å². The van der Waals surface area contributed by atoms with Crippen molar-refractivity contribution in [3.63, 3.8) is 0 Å². The highest BCUT2D eigenvalue weighted by atomic mass is 32.1. The molecule has 0 fully saturated rings. The van der Waals surface area contributed by atoms with Gasteiger partial charge in [0.2, 0.25) is 5.88 Å². The highest BCUT2D eigenvalue weighted by Crippen LogP contribution is 2.33. The summed E-state index contributed by atoms with van der Waals surface area (Å²) < 4.78 is 52.6. The highest BCUT2D eigenvalue weighted by Gasteiger charge is 2.31. The summed E-state index contributed by atoms with van der Waals surface area (Å²) in [5, 5.41) is 8.41. The van der Waals surface area contributed by atoms with Gasteiger partial charge in [-0.1, -0.05) is 12.1 Å². The second kappa shape index (κ2) is 9.71. The smallest absolute Gasteiger partial charge is 0.416 e. The molecule has 4 aromatic rings. The molecule has 0 N–H and O–H groups in total. The second-order valence-corrected chi connectivity index (χ2v) is 7.05. The Balaban J connectivity index is 0.00000324. The number of nitrogens with zero attached hydrogens (tertiary/aromatic N) is 6. The monoisotopic (exact) mass is 494 g/mol. The van der Waals surface area contributed by atoms with E-state index in [0.29, 0.717) is 16.6 Å². The van der Waals surface area contributed by atoms with E-state index in [9.17, 15) is 18.0 Å². The van der Waals surface area contributed by atoms with Gasteiger partial charge in [0.25, 0.3) is 5.95 Å². The lowest BCUT2D eigenvalue weighted by Gasteiger charge is -2.17. The summed E-state index contributed by atoms with van der Waals surface area (Å²) in [6.07, 6.45) is -0.238. The topological polar surface area (TPSA) is 97.0 Å². The molecule has 180 valence electrons. The average Bonchev–Trinajstić information content (AvgIpc) is 3.45. The van der Waals surface area contributed by atoms with Crippen LogP contribution in [0.3, 0.4) is 0 Å². The van der Waals surface area contributed by atoms with Crippen molar-refractivity contribution in [1.82, 2.24) is 29.5 Å². The van der Waals surface area contributed by atoms with Crippen molar-refractivity contribution in [3.8, 4) is 11.8 Å². The summed E-state index contributed by atoms with van der Waals surface area (Å²) in [5.74, 6) is -0.250. The summed E-state index contributed by atoms with van der Waals surface area (Å²) in [6, 6.07) is 4.48. The van der Waals surface area contributed by atoms with Crippen molar-refractivity contribution < 1.29 is 27.4 Å². The summed E-state index contributed by atoms with van der Waals surface area (Å²) >= 11 is 0. The predicted molar refractivity (Wildman–Crippen MR) is 121 cm³/mol. The third kappa shape index (κ3) is 4.69. The van der Waals surface area contributed by atoms with Gasteiger partial charge in [0, 0.05) is 6.20 Å². The molecule has 1 aromatic carbocycles. The minimum Gasteiger partial charge on any atom is -0.479 e. The lowest BCUT2D eigenvalue weighted by molar-refractivity contribution is -0.137. The van der Waals surface area contributed by atoms with Crippen molar-refractivity contribution in [1.29, 1.82) is 0 Å². The zero-order valence-electron chi connectivity index (χ0n) is 18.4. The molecule has 0 aliphatic carbocycles. The molecule has 0 aliphatic heterocycles. The van der Waals surface area contributed by atoms with Gasteiger partial charge in [-0.15, -0.1) is 0 Å². The van der Waals surface area contributed by atoms with Gasteiger partial charge < -0.3 is 9.47 Å². The van der Waals surface area contributed by atoms with E-state index < -0.39 is 23.8 Å². The minimum absolute atomic E-state index is 0. The first-order valence-corrected chi connectivity index (χ1v) is 9.91. The van der Waals surface area contributed by atoms with Crippen LogP contribution >= 0.6 is 13.5 Å². The lowest BCUT2D eigenvalue weighted by Crippen LogP contribution is -2.12. The molecule has 9 nitrogen and oxygen atoms in total. The minimum atomic E-state index is -4.45. The quantitative estimate of drug-likeness (QED) is 0.375. The Labute approximate surface area is 199 Å². The van der Waals surface area contributed by atoms with Gasteiger partial charge in [-0.25, -0.2) is 14.5 Å². The molecule has 0 unspecified atom stereocenters. The zero-order chi connectivity index (χ0) is 23.8. The van der Waals surface area contributed by atoms with E-state index in [1.54, 1.807) is 19.9 Å². The Bertz CT molecular complexity index is 1320. The van der Waals surface area contributed by atoms with Gasteiger partial charge in [0.05, 0.1) is 43.3 Å². The molecule has 0 saturated carbocycles. The fourth-order valence-electron chi connectivity index (χ4n) is 3.33. The number of rotatable bonds is 6. The molecule has 0 amide bonds. The van der Waals surface area contributed by atoms with E-state index in [4.69, 9.17) is 9.47 Å². The van der Waals surface area contributed by atoms with Crippen LogP contribution in [0.1, 0.15) is 41.4 Å². The highest BCUT2D eigenvalue weighted by molar-refractivity contribution is 7.59. The lowest BCUT2D eigenvalue weighted by atomic mass is 10.0. The number of hydrogen-bond acceptors (Lipinski definition) is 7. The molecule has 4 rings (SSSR count). The maximum atomic E-state index is 13.1. The van der Waals surface area contributed by atoms with Crippen LogP contribution in [0.25, 0.3) is 17.0 Å². The van der Waals surface area contributed by atoms with Crippen molar-refractivity contribution in [2.24, 2.45) is 0 Å². The van der Waals surface area contributed by atoms with E-state index >= 15 is 0 Å². The third-order valence-electron chi connectivity index (χ3n) is 4.96. The number of carbonyl (C=O) groups excluding carboxylic acids is 1. The Morgan fingerprint density at radius 1 is 1.18 bits per heavy atom. The largest absolute Gasteiger partial charge is 0.479 e. The van der Waals surface area contributed by atoms with Crippen LogP contribution in [0.15, 0.2) is 42.9 Å². The van der Waals surface area contributed by atoms with E-state index in [2.05, 4.69) is 20.2 Å². The van der Waals surface area contributed by atoms with Crippen molar-refractivity contribution in [2.45, 2.75) is 26.1 Å². The van der Waals surface area contributed by atoms with Gasteiger partial charge in [-0.05, 0) is 31.5 Å². The maximum Gasteiger partial charge on any atom is 0.416 e. The number of carbonyl (C=O) groups is 1. The van der Waals surface area contributed by atoms with Crippen LogP contribution < -0.4 is 4.74 Å². The molecule has 0 saturated heterocycles. The fourth-order valence-corrected chi connectivity index (χ4v) is 3.33. The third-order valence-corrected chi connectivity index (χ3v) is 4.96. The fraction of sp³-hybridized carbons (Fsp3) is 0.286. The molecule has 1 atom stereocenters. The standard InChI is InChI=1S/C21H19F3N6O3.H2S/c1-4-33-19(31)14-9-25-29(11-14)20-27-16-10-26-30(17(16)18(28-20)32-3)12(2)13-6-5-7-15(8-13)21(22,23)24;/h5-12H,4H2,1-3H3;1H2/t12-;/m0./s1. The number of ether oxygens (including phenoxy) is 2. The van der Waals surface area contributed by atoms with Gasteiger partial charge in [-0.2, -0.15) is 41.8 Å². The molecule has 3 aromatic heterocycles.